The summed E-state index contributed by atoms with van der Waals surface area (Å²) < 4.78 is 0. The van der Waals surface area contributed by atoms with E-state index in [2.05, 4.69) is 124 Å². The molecule has 0 saturated heterocycles. The van der Waals surface area contributed by atoms with Crippen LogP contribution in [0.3, 0.4) is 0 Å². The number of rotatable bonds is 2. The van der Waals surface area contributed by atoms with Gasteiger partial charge in [-0.3, -0.25) is 10.6 Å². The number of carbonyl (C=O) groups is 1. The van der Waals surface area contributed by atoms with Crippen molar-refractivity contribution in [3.05, 3.63) is 130 Å². The molecule has 5 aromatic carbocycles. The summed E-state index contributed by atoms with van der Waals surface area (Å²) in [6.45, 7) is 12.0. The Balaban J connectivity index is 1.48. The molecular formula is C40H37N3O. The summed E-state index contributed by atoms with van der Waals surface area (Å²) >= 11 is 0. The van der Waals surface area contributed by atoms with Gasteiger partial charge >= 0.3 is 0 Å². The molecule has 1 heterocycles. The fourth-order valence-electron chi connectivity index (χ4n) is 6.64. The molecular weight excluding hydrogens is 538 g/mol. The van der Waals surface area contributed by atoms with Gasteiger partial charge in [-0.2, -0.15) is 0 Å². The number of nitrogens with two attached hydrogens (primary N) is 1. The SMILES string of the molecule is CC(C)(NN)C(=O)N1C(C)(C)c2ccc(C#Cc3c4ccccc4c(C#Cc4ccccc4)c4ccccc34)cc2C1(C)C. The molecule has 5 aromatic rings. The Morgan fingerprint density at radius 3 is 1.59 bits per heavy atom. The Morgan fingerprint density at radius 2 is 1.09 bits per heavy atom. The van der Waals surface area contributed by atoms with Crippen LogP contribution in [0.25, 0.3) is 21.5 Å². The molecule has 4 nitrogen and oxygen atoms in total. The number of nitrogens with zero attached hydrogens (tertiary/aromatic N) is 1. The summed E-state index contributed by atoms with van der Waals surface area (Å²) in [5.74, 6) is 19.6. The molecule has 3 N–H and O–H groups in total. The fraction of sp³-hybridized carbons (Fsp3) is 0.225. The Labute approximate surface area is 260 Å². The molecule has 0 saturated carbocycles. The first-order valence-electron chi connectivity index (χ1n) is 15.0. The molecule has 44 heavy (non-hydrogen) atoms. The average molecular weight is 576 g/mol. The standard InChI is InChI=1S/C40H37N3O/c1-38(2,42-41)37(44)43-39(3,4)35-25-22-28(26-36(35)40(43,5)6)21-24-34-31-18-12-10-16-29(31)33(30-17-11-13-19-32(30)34)23-20-27-14-8-7-9-15-27/h7-19,22,25-26,42H,41H2,1-6H3. The zero-order valence-corrected chi connectivity index (χ0v) is 26.2. The van der Waals surface area contributed by atoms with Crippen LogP contribution < -0.4 is 11.3 Å². The minimum Gasteiger partial charge on any atom is -0.323 e. The second kappa shape index (κ2) is 10.7. The van der Waals surface area contributed by atoms with Gasteiger partial charge in [-0.25, -0.2) is 5.43 Å². The van der Waals surface area contributed by atoms with Gasteiger partial charge in [0.25, 0.3) is 0 Å². The van der Waals surface area contributed by atoms with Crippen molar-refractivity contribution in [1.82, 2.24) is 10.3 Å². The number of nitrogens with one attached hydrogen (secondary N) is 1. The molecule has 1 aliphatic rings. The van der Waals surface area contributed by atoms with Crippen molar-refractivity contribution < 1.29 is 4.79 Å². The van der Waals surface area contributed by atoms with Crippen molar-refractivity contribution >= 4 is 27.5 Å². The normalized spacial score (nSPS) is 14.8. The highest BCUT2D eigenvalue weighted by atomic mass is 16.2. The van der Waals surface area contributed by atoms with E-state index in [1.807, 2.05) is 49.1 Å². The molecule has 1 amide bonds. The zero-order chi connectivity index (χ0) is 31.3. The minimum absolute atomic E-state index is 0.0489. The number of hydrogen-bond acceptors (Lipinski definition) is 3. The second-order valence-electron chi connectivity index (χ2n) is 13.0. The molecule has 218 valence electrons. The molecule has 4 heteroatoms. The first kappa shape index (κ1) is 29.2. The van der Waals surface area contributed by atoms with E-state index in [-0.39, 0.29) is 5.91 Å². The van der Waals surface area contributed by atoms with Gasteiger partial charge in [-0.15, -0.1) is 0 Å². The lowest BCUT2D eigenvalue weighted by Crippen LogP contribution is -2.62. The highest BCUT2D eigenvalue weighted by molar-refractivity contribution is 6.09. The topological polar surface area (TPSA) is 58.4 Å². The second-order valence-corrected chi connectivity index (χ2v) is 13.0. The van der Waals surface area contributed by atoms with Crippen LogP contribution in [-0.2, 0) is 15.9 Å². The van der Waals surface area contributed by atoms with E-state index in [1.54, 1.807) is 0 Å². The molecule has 0 radical (unpaired) electrons. The minimum atomic E-state index is -0.904. The molecule has 0 atom stereocenters. The van der Waals surface area contributed by atoms with Crippen molar-refractivity contribution in [2.24, 2.45) is 5.84 Å². The predicted octanol–water partition coefficient (Wildman–Crippen LogP) is 7.35. The van der Waals surface area contributed by atoms with E-state index in [4.69, 9.17) is 5.84 Å². The highest BCUT2D eigenvalue weighted by Crippen LogP contribution is 2.50. The first-order valence-corrected chi connectivity index (χ1v) is 15.0. The van der Waals surface area contributed by atoms with Crippen LogP contribution in [0.2, 0.25) is 0 Å². The third-order valence-electron chi connectivity index (χ3n) is 8.92. The van der Waals surface area contributed by atoms with Crippen molar-refractivity contribution in [3.8, 4) is 23.7 Å². The Bertz CT molecular complexity index is 2010. The van der Waals surface area contributed by atoms with E-state index in [9.17, 15) is 4.79 Å². The Morgan fingerprint density at radius 1 is 0.636 bits per heavy atom. The zero-order valence-electron chi connectivity index (χ0n) is 26.2. The summed E-state index contributed by atoms with van der Waals surface area (Å²) in [4.78, 5) is 15.7. The fourth-order valence-corrected chi connectivity index (χ4v) is 6.64. The summed E-state index contributed by atoms with van der Waals surface area (Å²) in [5, 5.41) is 4.32. The Hall–Kier alpha value is -4.87. The summed E-state index contributed by atoms with van der Waals surface area (Å²) in [6.07, 6.45) is 0. The van der Waals surface area contributed by atoms with Gasteiger partial charge in [-0.05, 0) is 98.5 Å². The lowest BCUT2D eigenvalue weighted by molar-refractivity contribution is -0.149. The molecule has 0 unspecified atom stereocenters. The number of fused-ring (bicyclic) bond motifs is 3. The smallest absolute Gasteiger partial charge is 0.245 e. The van der Waals surface area contributed by atoms with E-state index in [1.165, 1.54) is 0 Å². The number of benzene rings is 5. The van der Waals surface area contributed by atoms with Crippen LogP contribution in [0.1, 0.15) is 74.9 Å². The van der Waals surface area contributed by atoms with Gasteiger partial charge in [0.2, 0.25) is 5.91 Å². The summed E-state index contributed by atoms with van der Waals surface area (Å²) in [5.41, 5.74) is 6.81. The third-order valence-corrected chi connectivity index (χ3v) is 8.92. The van der Waals surface area contributed by atoms with Gasteiger partial charge < -0.3 is 4.90 Å². The number of hydrogen-bond donors (Lipinski definition) is 2. The van der Waals surface area contributed by atoms with Crippen molar-refractivity contribution in [1.29, 1.82) is 0 Å². The van der Waals surface area contributed by atoms with Crippen LogP contribution in [-0.4, -0.2) is 16.3 Å². The molecule has 0 aromatic heterocycles. The van der Waals surface area contributed by atoms with E-state index >= 15 is 0 Å². The maximum absolute atomic E-state index is 13.7. The first-order chi connectivity index (χ1) is 21.0. The van der Waals surface area contributed by atoms with E-state index in [0.29, 0.717) is 0 Å². The van der Waals surface area contributed by atoms with Gasteiger partial charge in [0.1, 0.15) is 5.54 Å². The van der Waals surface area contributed by atoms with Gasteiger partial charge in [-0.1, -0.05) is 96.5 Å². The summed E-state index contributed by atoms with van der Waals surface area (Å²) in [7, 11) is 0. The maximum atomic E-state index is 13.7. The van der Waals surface area contributed by atoms with Crippen molar-refractivity contribution in [2.75, 3.05) is 0 Å². The van der Waals surface area contributed by atoms with Crippen LogP contribution in [0, 0.1) is 23.7 Å². The van der Waals surface area contributed by atoms with Crippen LogP contribution in [0.4, 0.5) is 0 Å². The van der Waals surface area contributed by atoms with E-state index in [0.717, 1.165) is 54.9 Å². The van der Waals surface area contributed by atoms with Crippen LogP contribution in [0.15, 0.2) is 97.1 Å². The molecule has 0 spiro atoms. The molecule has 0 fully saturated rings. The lowest BCUT2D eigenvalue weighted by Gasteiger charge is -2.44. The number of carbonyl (C=O) groups excluding carboxylic acids is 1. The molecule has 1 aliphatic heterocycles. The monoisotopic (exact) mass is 575 g/mol. The predicted molar refractivity (Wildman–Crippen MR) is 181 cm³/mol. The molecule has 6 rings (SSSR count). The molecule has 0 aliphatic carbocycles. The van der Waals surface area contributed by atoms with Gasteiger partial charge in [0, 0.05) is 22.3 Å². The lowest BCUT2D eigenvalue weighted by atomic mass is 9.89. The Kier molecular flexibility index (Phi) is 7.10. The highest BCUT2D eigenvalue weighted by Gasteiger charge is 2.53. The number of amides is 1. The average Bonchev–Trinajstić information content (AvgIpc) is 3.18. The molecule has 0 bridgehead atoms. The number of hydrazine groups is 1. The largest absolute Gasteiger partial charge is 0.323 e. The van der Waals surface area contributed by atoms with Crippen LogP contribution >= 0.6 is 0 Å². The third kappa shape index (κ3) is 4.74. The summed E-state index contributed by atoms with van der Waals surface area (Å²) in [6, 6.07) is 33.1. The van der Waals surface area contributed by atoms with Crippen molar-refractivity contribution in [3.63, 3.8) is 0 Å². The van der Waals surface area contributed by atoms with Gasteiger partial charge in [0.05, 0.1) is 11.1 Å². The van der Waals surface area contributed by atoms with E-state index < -0.39 is 16.6 Å². The quantitative estimate of drug-likeness (QED) is 0.100. The maximum Gasteiger partial charge on any atom is 0.245 e. The van der Waals surface area contributed by atoms with Crippen molar-refractivity contribution in [2.45, 2.75) is 58.2 Å². The van der Waals surface area contributed by atoms with Gasteiger partial charge in [0.15, 0.2) is 0 Å². The van der Waals surface area contributed by atoms with Crippen LogP contribution in [0.5, 0.6) is 0 Å².